The number of nitrogens with one attached hydrogen (secondary N) is 1. The highest BCUT2D eigenvalue weighted by Gasteiger charge is 2.29. The van der Waals surface area contributed by atoms with Gasteiger partial charge >= 0.3 is 0 Å². The number of aromatic nitrogens is 2. The van der Waals surface area contributed by atoms with E-state index < -0.39 is 15.8 Å². The van der Waals surface area contributed by atoms with Gasteiger partial charge in [-0.15, -0.1) is 0 Å². The highest BCUT2D eigenvalue weighted by Crippen LogP contribution is 2.28. The Kier molecular flexibility index (Phi) is 6.36. The van der Waals surface area contributed by atoms with Crippen molar-refractivity contribution in [3.05, 3.63) is 90.2 Å². The predicted molar refractivity (Wildman–Crippen MR) is 135 cm³/mol. The number of anilines is 2. The van der Waals surface area contributed by atoms with Gasteiger partial charge in [-0.05, 0) is 48.9 Å². The summed E-state index contributed by atoms with van der Waals surface area (Å²) in [6.45, 7) is 3.57. The highest BCUT2D eigenvalue weighted by molar-refractivity contribution is 7.89. The lowest BCUT2D eigenvalue weighted by molar-refractivity contribution is 0.382. The third-order valence-corrected chi connectivity index (χ3v) is 8.13. The van der Waals surface area contributed by atoms with E-state index >= 15 is 0 Å². The maximum Gasteiger partial charge on any atom is 0.243 e. The zero-order valence-electron chi connectivity index (χ0n) is 19.3. The summed E-state index contributed by atoms with van der Waals surface area (Å²) >= 11 is 0. The van der Waals surface area contributed by atoms with E-state index in [4.69, 9.17) is 9.97 Å². The first-order valence-corrected chi connectivity index (χ1v) is 12.9. The van der Waals surface area contributed by atoms with Crippen molar-refractivity contribution >= 4 is 32.7 Å². The molecule has 1 N–H and O–H groups in total. The van der Waals surface area contributed by atoms with Crippen molar-refractivity contribution in [1.29, 1.82) is 0 Å². The summed E-state index contributed by atoms with van der Waals surface area (Å²) in [6.07, 6.45) is 0. The molecule has 1 atom stereocenters. The van der Waals surface area contributed by atoms with Crippen LogP contribution in [0, 0.1) is 5.82 Å². The molecular formula is C26H26FN5O2S. The SMILES string of the molecule is C[C@H](Nc1nc(N2CCN(S(=O)(=O)c3ccc(F)cc3)CC2)nc2ccccc12)c1ccccc1. The minimum Gasteiger partial charge on any atom is -0.363 e. The third kappa shape index (κ3) is 4.82. The molecule has 1 aliphatic rings. The van der Waals surface area contributed by atoms with Crippen LogP contribution >= 0.6 is 0 Å². The van der Waals surface area contributed by atoms with Crippen LogP contribution in [-0.2, 0) is 10.0 Å². The van der Waals surface area contributed by atoms with Crippen molar-refractivity contribution in [1.82, 2.24) is 14.3 Å². The van der Waals surface area contributed by atoms with Crippen LogP contribution in [0.2, 0.25) is 0 Å². The number of nitrogens with zero attached hydrogens (tertiary/aromatic N) is 4. The van der Waals surface area contributed by atoms with Gasteiger partial charge in [-0.2, -0.15) is 9.29 Å². The number of hydrogen-bond donors (Lipinski definition) is 1. The first-order valence-electron chi connectivity index (χ1n) is 11.5. The number of rotatable bonds is 6. The summed E-state index contributed by atoms with van der Waals surface area (Å²) in [7, 11) is -3.69. The van der Waals surface area contributed by atoms with Gasteiger partial charge in [0.15, 0.2) is 0 Å². The van der Waals surface area contributed by atoms with Crippen LogP contribution in [-0.4, -0.2) is 48.9 Å². The van der Waals surface area contributed by atoms with Gasteiger partial charge in [0.05, 0.1) is 10.4 Å². The fourth-order valence-corrected chi connectivity index (χ4v) is 5.65. The molecule has 180 valence electrons. The summed E-state index contributed by atoms with van der Waals surface area (Å²) in [5, 5.41) is 4.45. The van der Waals surface area contributed by atoms with Gasteiger partial charge < -0.3 is 10.2 Å². The summed E-state index contributed by atoms with van der Waals surface area (Å²) in [6, 6.07) is 23.0. The summed E-state index contributed by atoms with van der Waals surface area (Å²) < 4.78 is 40.6. The maximum absolute atomic E-state index is 13.2. The Morgan fingerprint density at radius 1 is 0.857 bits per heavy atom. The van der Waals surface area contributed by atoms with E-state index in [9.17, 15) is 12.8 Å². The number of hydrogen-bond acceptors (Lipinski definition) is 6. The van der Waals surface area contributed by atoms with Crippen molar-refractivity contribution in [2.45, 2.75) is 17.9 Å². The van der Waals surface area contributed by atoms with Gasteiger partial charge in [0.2, 0.25) is 16.0 Å². The molecule has 0 bridgehead atoms. The first kappa shape index (κ1) is 23.2. The molecule has 4 aromatic rings. The van der Waals surface area contributed by atoms with Crippen molar-refractivity contribution in [2.24, 2.45) is 0 Å². The Bertz CT molecular complexity index is 1420. The lowest BCUT2D eigenvalue weighted by Gasteiger charge is -2.34. The summed E-state index contributed by atoms with van der Waals surface area (Å²) in [4.78, 5) is 11.7. The Morgan fingerprint density at radius 2 is 1.51 bits per heavy atom. The van der Waals surface area contributed by atoms with Crippen LogP contribution in [0.4, 0.5) is 16.2 Å². The maximum atomic E-state index is 13.2. The molecule has 2 heterocycles. The van der Waals surface area contributed by atoms with Gasteiger partial charge in [0, 0.05) is 37.6 Å². The van der Waals surface area contributed by atoms with Gasteiger partial charge in [-0.3, -0.25) is 0 Å². The van der Waals surface area contributed by atoms with Crippen molar-refractivity contribution in [2.75, 3.05) is 36.4 Å². The van der Waals surface area contributed by atoms with Crippen molar-refractivity contribution < 1.29 is 12.8 Å². The van der Waals surface area contributed by atoms with Gasteiger partial charge in [0.1, 0.15) is 11.6 Å². The number of piperazine rings is 1. The molecule has 1 aliphatic heterocycles. The Hall–Kier alpha value is -3.56. The molecule has 0 radical (unpaired) electrons. The van der Waals surface area contributed by atoms with Gasteiger partial charge in [0.25, 0.3) is 0 Å². The standard InChI is InChI=1S/C26H26FN5O2S/c1-19(20-7-3-2-4-8-20)28-25-23-9-5-6-10-24(23)29-26(30-25)31-15-17-32(18-16-31)35(33,34)22-13-11-21(27)12-14-22/h2-14,19H,15-18H2,1H3,(H,28,29,30)/t19-/m0/s1. The highest BCUT2D eigenvalue weighted by atomic mass is 32.2. The van der Waals surface area contributed by atoms with Crippen LogP contribution < -0.4 is 10.2 Å². The molecule has 1 fully saturated rings. The predicted octanol–water partition coefficient (Wildman–Crippen LogP) is 4.45. The van der Waals surface area contributed by atoms with E-state index in [0.717, 1.165) is 34.4 Å². The van der Waals surface area contributed by atoms with Gasteiger partial charge in [-0.25, -0.2) is 17.8 Å². The monoisotopic (exact) mass is 491 g/mol. The topological polar surface area (TPSA) is 78.4 Å². The molecule has 1 aromatic heterocycles. The van der Waals surface area contributed by atoms with E-state index in [1.165, 1.54) is 16.4 Å². The van der Waals surface area contributed by atoms with Crippen molar-refractivity contribution in [3.8, 4) is 0 Å². The fourth-order valence-electron chi connectivity index (χ4n) is 4.23. The fraction of sp³-hybridized carbons (Fsp3) is 0.231. The summed E-state index contributed by atoms with van der Waals surface area (Å²) in [5.74, 6) is 0.835. The largest absolute Gasteiger partial charge is 0.363 e. The minimum absolute atomic E-state index is 0.0417. The van der Waals surface area contributed by atoms with Gasteiger partial charge in [-0.1, -0.05) is 42.5 Å². The van der Waals surface area contributed by atoms with Crippen LogP contribution in [0.15, 0.2) is 83.8 Å². The lowest BCUT2D eigenvalue weighted by Crippen LogP contribution is -2.49. The molecule has 1 saturated heterocycles. The third-order valence-electron chi connectivity index (χ3n) is 6.22. The van der Waals surface area contributed by atoms with Crippen molar-refractivity contribution in [3.63, 3.8) is 0 Å². The van der Waals surface area contributed by atoms with Crippen LogP contribution in [0.25, 0.3) is 10.9 Å². The van der Waals surface area contributed by atoms with Crippen LogP contribution in [0.3, 0.4) is 0 Å². The average molecular weight is 492 g/mol. The quantitative estimate of drug-likeness (QED) is 0.429. The molecule has 0 unspecified atom stereocenters. The van der Waals surface area contributed by atoms with E-state index in [1.54, 1.807) is 0 Å². The molecule has 5 rings (SSSR count). The Balaban J connectivity index is 1.37. The molecule has 3 aromatic carbocycles. The average Bonchev–Trinajstić information content (AvgIpc) is 2.89. The van der Waals surface area contributed by atoms with E-state index in [2.05, 4.69) is 24.4 Å². The molecule has 0 aliphatic carbocycles. The zero-order valence-corrected chi connectivity index (χ0v) is 20.1. The molecule has 0 spiro atoms. The first-order chi connectivity index (χ1) is 16.9. The number of benzene rings is 3. The minimum atomic E-state index is -3.69. The van der Waals surface area contributed by atoms with E-state index in [0.29, 0.717) is 32.1 Å². The smallest absolute Gasteiger partial charge is 0.243 e. The number of halogens is 1. The zero-order chi connectivity index (χ0) is 24.4. The second kappa shape index (κ2) is 9.59. The van der Waals surface area contributed by atoms with E-state index in [-0.39, 0.29) is 10.9 Å². The number of para-hydroxylation sites is 1. The molecule has 7 nitrogen and oxygen atoms in total. The normalized spacial score (nSPS) is 15.8. The van der Waals surface area contributed by atoms with Crippen LogP contribution in [0.1, 0.15) is 18.5 Å². The summed E-state index contributed by atoms with van der Waals surface area (Å²) in [5.41, 5.74) is 1.97. The number of fused-ring (bicyclic) bond motifs is 1. The van der Waals surface area contributed by atoms with Crippen LogP contribution in [0.5, 0.6) is 0 Å². The Labute approximate surface area is 204 Å². The second-order valence-corrected chi connectivity index (χ2v) is 10.4. The molecular weight excluding hydrogens is 465 g/mol. The molecule has 0 saturated carbocycles. The molecule has 0 amide bonds. The molecule has 9 heteroatoms. The number of sulfonamides is 1. The Morgan fingerprint density at radius 3 is 2.23 bits per heavy atom. The second-order valence-electron chi connectivity index (χ2n) is 8.51. The molecule has 35 heavy (non-hydrogen) atoms. The lowest BCUT2D eigenvalue weighted by atomic mass is 10.1. The van der Waals surface area contributed by atoms with E-state index in [1.807, 2.05) is 47.4 Å².